The van der Waals surface area contributed by atoms with E-state index in [1.165, 1.54) is 12.1 Å². The molecule has 3 atom stereocenters. The topological polar surface area (TPSA) is 94.9 Å². The van der Waals surface area contributed by atoms with Gasteiger partial charge in [0.25, 0.3) is 0 Å². The van der Waals surface area contributed by atoms with Crippen LogP contribution in [0, 0.1) is 11.7 Å². The predicted molar refractivity (Wildman–Crippen MR) is 161 cm³/mol. The molecule has 1 aliphatic heterocycles. The summed E-state index contributed by atoms with van der Waals surface area (Å²) in [7, 11) is 1.60. The summed E-state index contributed by atoms with van der Waals surface area (Å²) in [5.74, 6) is 0.455. The zero-order chi connectivity index (χ0) is 30.7. The molecule has 4 aromatic rings. The molecule has 0 spiro atoms. The van der Waals surface area contributed by atoms with E-state index < -0.39 is 23.8 Å². The monoisotopic (exact) mass is 588 g/mol. The van der Waals surface area contributed by atoms with Gasteiger partial charge in [0.15, 0.2) is 0 Å². The third-order valence-electron chi connectivity index (χ3n) is 7.33. The van der Waals surface area contributed by atoms with E-state index in [1.54, 1.807) is 35.0 Å². The number of methoxy groups -OCH3 is 1. The fourth-order valence-corrected chi connectivity index (χ4v) is 5.18. The van der Waals surface area contributed by atoms with Crippen molar-refractivity contribution in [3.05, 3.63) is 84.3 Å². The molecule has 0 radical (unpaired) electrons. The maximum Gasteiger partial charge on any atom is 0.410 e. The van der Waals surface area contributed by atoms with Gasteiger partial charge in [-0.1, -0.05) is 12.1 Å². The number of likely N-dealkylation sites (tertiary alicyclic amines) is 1. The Labute approximate surface area is 250 Å². The number of carbonyl (C=O) groups is 2. The fraction of sp³-hybridized carbons (Fsp3) is 0.364. The molecule has 226 valence electrons. The van der Waals surface area contributed by atoms with Gasteiger partial charge in [0.1, 0.15) is 29.0 Å². The lowest BCUT2D eigenvalue weighted by Crippen LogP contribution is -2.43. The number of benzene rings is 3. The second-order valence-corrected chi connectivity index (χ2v) is 11.8. The van der Waals surface area contributed by atoms with Crippen molar-refractivity contribution in [2.45, 2.75) is 51.9 Å². The van der Waals surface area contributed by atoms with E-state index in [2.05, 4.69) is 10.4 Å². The lowest BCUT2D eigenvalue weighted by molar-refractivity contribution is -0.125. The summed E-state index contributed by atoms with van der Waals surface area (Å²) in [6.45, 7) is 8.12. The highest BCUT2D eigenvalue weighted by Crippen LogP contribution is 2.31. The molecule has 43 heavy (non-hydrogen) atoms. The maximum absolute atomic E-state index is 13.4. The van der Waals surface area contributed by atoms with Gasteiger partial charge >= 0.3 is 6.09 Å². The number of nitrogens with one attached hydrogen (secondary N) is 1. The summed E-state index contributed by atoms with van der Waals surface area (Å²) < 4.78 is 32.6. The summed E-state index contributed by atoms with van der Waals surface area (Å²) in [5.41, 5.74) is 1.81. The Morgan fingerprint density at radius 3 is 2.53 bits per heavy atom. The first-order chi connectivity index (χ1) is 20.5. The van der Waals surface area contributed by atoms with Gasteiger partial charge in [0.2, 0.25) is 5.91 Å². The molecule has 5 rings (SSSR count). The van der Waals surface area contributed by atoms with Gasteiger partial charge < -0.3 is 24.4 Å². The number of aromatic nitrogens is 2. The quantitative estimate of drug-likeness (QED) is 0.269. The molecule has 1 unspecified atom stereocenters. The van der Waals surface area contributed by atoms with Gasteiger partial charge in [-0.15, -0.1) is 0 Å². The summed E-state index contributed by atoms with van der Waals surface area (Å²) in [5, 5.41) is 8.45. The normalized spacial score (nSPS) is 16.5. The zero-order valence-corrected chi connectivity index (χ0v) is 25.0. The molecule has 0 bridgehead atoms. The van der Waals surface area contributed by atoms with Crippen LogP contribution in [0.15, 0.2) is 72.9 Å². The molecule has 1 aromatic heterocycles. The van der Waals surface area contributed by atoms with Gasteiger partial charge in [0.05, 0.1) is 36.5 Å². The molecule has 2 amide bonds. The maximum atomic E-state index is 13.4. The molecule has 3 aromatic carbocycles. The van der Waals surface area contributed by atoms with Crippen LogP contribution in [0.4, 0.5) is 9.18 Å². The minimum Gasteiger partial charge on any atom is -0.497 e. The number of halogens is 1. The van der Waals surface area contributed by atoms with Crippen molar-refractivity contribution < 1.29 is 28.2 Å². The van der Waals surface area contributed by atoms with Gasteiger partial charge in [-0.05, 0) is 94.3 Å². The molecular formula is C33H37FN4O5. The summed E-state index contributed by atoms with van der Waals surface area (Å²) in [6.07, 6.45) is 1.32. The largest absolute Gasteiger partial charge is 0.497 e. The minimum absolute atomic E-state index is 0.147. The average Bonchev–Trinajstić information content (AvgIpc) is 3.63. The Kier molecular flexibility index (Phi) is 8.57. The molecule has 1 fully saturated rings. The second-order valence-electron chi connectivity index (χ2n) is 11.8. The van der Waals surface area contributed by atoms with Crippen LogP contribution >= 0.6 is 0 Å². The highest BCUT2D eigenvalue weighted by Gasteiger charge is 2.35. The Hall–Kier alpha value is -4.60. The van der Waals surface area contributed by atoms with E-state index in [9.17, 15) is 14.0 Å². The average molecular weight is 589 g/mol. The third kappa shape index (κ3) is 7.07. The van der Waals surface area contributed by atoms with Gasteiger partial charge in [0, 0.05) is 18.5 Å². The minimum atomic E-state index is -0.601. The first-order valence-electron chi connectivity index (χ1n) is 14.3. The van der Waals surface area contributed by atoms with Crippen LogP contribution in [0.3, 0.4) is 0 Å². The smallest absolute Gasteiger partial charge is 0.410 e. The van der Waals surface area contributed by atoms with Crippen LogP contribution in [0.2, 0.25) is 0 Å². The number of nitrogens with zero attached hydrogens (tertiary/aromatic N) is 3. The van der Waals surface area contributed by atoms with Crippen molar-refractivity contribution in [2.24, 2.45) is 5.92 Å². The van der Waals surface area contributed by atoms with Crippen LogP contribution in [0.25, 0.3) is 16.6 Å². The second kappa shape index (κ2) is 12.3. The lowest BCUT2D eigenvalue weighted by atomic mass is 10.0. The van der Waals surface area contributed by atoms with E-state index >= 15 is 0 Å². The van der Waals surface area contributed by atoms with E-state index in [0.717, 1.165) is 22.2 Å². The summed E-state index contributed by atoms with van der Waals surface area (Å²) >= 11 is 0. The number of ether oxygens (including phenoxy) is 3. The van der Waals surface area contributed by atoms with Crippen LogP contribution in [-0.4, -0.2) is 58.5 Å². The lowest BCUT2D eigenvalue weighted by Gasteiger charge is -2.28. The molecule has 9 nitrogen and oxygen atoms in total. The van der Waals surface area contributed by atoms with Crippen molar-refractivity contribution in [1.82, 2.24) is 20.0 Å². The molecule has 0 aliphatic carbocycles. The number of fused-ring (bicyclic) bond motifs is 1. The van der Waals surface area contributed by atoms with Crippen molar-refractivity contribution in [3.8, 4) is 17.2 Å². The highest BCUT2D eigenvalue weighted by atomic mass is 19.1. The number of hydrogen-bond acceptors (Lipinski definition) is 6. The number of rotatable bonds is 8. The molecule has 2 heterocycles. The molecule has 1 N–H and O–H groups in total. The molecule has 10 heteroatoms. The molecule has 1 aliphatic rings. The Balaban J connectivity index is 1.34. The summed E-state index contributed by atoms with van der Waals surface area (Å²) in [6, 6.07) is 18.9. The van der Waals surface area contributed by atoms with Crippen molar-refractivity contribution >= 4 is 22.9 Å². The van der Waals surface area contributed by atoms with Crippen molar-refractivity contribution in [3.63, 3.8) is 0 Å². The third-order valence-corrected chi connectivity index (χ3v) is 7.33. The Morgan fingerprint density at radius 2 is 1.81 bits per heavy atom. The molecule has 0 saturated carbocycles. The first-order valence-corrected chi connectivity index (χ1v) is 14.3. The van der Waals surface area contributed by atoms with Gasteiger partial charge in [-0.25, -0.2) is 13.9 Å². The Bertz CT molecular complexity index is 1600. The number of carbonyl (C=O) groups excluding carboxylic acids is 2. The predicted octanol–water partition coefficient (Wildman–Crippen LogP) is 6.06. The SMILES string of the molecule is COc1cccc([C@H](Oc2ccc3c(cnn3-c3ccc(F)cc3)c2)[C@H](C)NC(=O)C2CCN(C(=O)OC(C)(C)C)C2)c1. The molecular weight excluding hydrogens is 551 g/mol. The highest BCUT2D eigenvalue weighted by molar-refractivity contribution is 5.82. The number of amides is 2. The molecule has 1 saturated heterocycles. The van der Waals surface area contributed by atoms with Gasteiger partial charge in [-0.2, -0.15) is 5.10 Å². The Morgan fingerprint density at radius 1 is 1.05 bits per heavy atom. The van der Waals surface area contributed by atoms with E-state index in [-0.39, 0.29) is 17.6 Å². The van der Waals surface area contributed by atoms with E-state index in [4.69, 9.17) is 14.2 Å². The first kappa shape index (κ1) is 29.9. The zero-order valence-electron chi connectivity index (χ0n) is 25.0. The van der Waals surface area contributed by atoms with Crippen molar-refractivity contribution in [1.29, 1.82) is 0 Å². The summed E-state index contributed by atoms with van der Waals surface area (Å²) in [4.78, 5) is 27.4. The van der Waals surface area contributed by atoms with Crippen molar-refractivity contribution in [2.75, 3.05) is 20.2 Å². The fourth-order valence-electron chi connectivity index (χ4n) is 5.18. The van der Waals surface area contributed by atoms with Crippen LogP contribution in [0.5, 0.6) is 11.5 Å². The van der Waals surface area contributed by atoms with E-state index in [0.29, 0.717) is 31.0 Å². The van der Waals surface area contributed by atoms with Crippen LogP contribution < -0.4 is 14.8 Å². The van der Waals surface area contributed by atoms with Gasteiger partial charge in [-0.3, -0.25) is 4.79 Å². The van der Waals surface area contributed by atoms with Crippen LogP contribution in [-0.2, 0) is 9.53 Å². The van der Waals surface area contributed by atoms with Crippen LogP contribution in [0.1, 0.15) is 45.8 Å². The number of hydrogen-bond donors (Lipinski definition) is 1. The standard InChI is InChI=1S/C33H37FN4O5/c1-21(36-31(39)23-15-16-37(20-23)32(40)43-33(2,3)4)30(22-7-6-8-27(17-22)41-5)42-28-13-14-29-24(18-28)19-35-38(29)26-11-9-25(34)10-12-26/h6-14,17-19,21,23,30H,15-16,20H2,1-5H3,(H,36,39)/t21-,23?,30+/m0/s1. The van der Waals surface area contributed by atoms with E-state index in [1.807, 2.05) is 70.2 Å².